The first-order valence-electron chi connectivity index (χ1n) is 6.27. The highest BCUT2D eigenvalue weighted by atomic mass is 16.4. The van der Waals surface area contributed by atoms with Gasteiger partial charge in [0, 0.05) is 6.42 Å². The molecule has 0 aliphatic heterocycles. The summed E-state index contributed by atoms with van der Waals surface area (Å²) in [6, 6.07) is 0. The molecular weight excluding hydrogens is 200 g/mol. The van der Waals surface area contributed by atoms with Gasteiger partial charge in [0.1, 0.15) is 0 Å². The molecule has 0 bridgehead atoms. The maximum atomic E-state index is 11.5. The Morgan fingerprint density at radius 2 is 2.31 bits per heavy atom. The zero-order valence-electron chi connectivity index (χ0n) is 10.4. The zero-order valence-corrected chi connectivity index (χ0v) is 10.4. The Morgan fingerprint density at radius 1 is 1.56 bits per heavy atom. The summed E-state index contributed by atoms with van der Waals surface area (Å²) < 4.78 is 0. The van der Waals surface area contributed by atoms with E-state index < -0.39 is 11.4 Å². The largest absolute Gasteiger partial charge is 0.481 e. The molecule has 16 heavy (non-hydrogen) atoms. The maximum absolute atomic E-state index is 11.5. The fourth-order valence-corrected chi connectivity index (χ4v) is 2.79. The van der Waals surface area contributed by atoms with Crippen molar-refractivity contribution in [3.05, 3.63) is 0 Å². The van der Waals surface area contributed by atoms with Gasteiger partial charge in [-0.1, -0.05) is 26.2 Å². The third kappa shape index (κ3) is 3.01. The standard InChI is InChI=1S/C14H22O2/c1-3-5-6-9-14(13(15)16)10-7-8-12(4-2)11-14/h12H,4,6-11H2,1-2H3,(H,15,16). The second-order valence-electron chi connectivity index (χ2n) is 4.88. The van der Waals surface area contributed by atoms with E-state index in [9.17, 15) is 9.90 Å². The van der Waals surface area contributed by atoms with Crippen LogP contribution in [0.5, 0.6) is 0 Å². The summed E-state index contributed by atoms with van der Waals surface area (Å²) in [5.41, 5.74) is -0.483. The molecule has 0 spiro atoms. The number of hydrogen-bond donors (Lipinski definition) is 1. The van der Waals surface area contributed by atoms with Crippen LogP contribution in [0.25, 0.3) is 0 Å². The van der Waals surface area contributed by atoms with Crippen molar-refractivity contribution >= 4 is 5.97 Å². The molecule has 1 aliphatic carbocycles. The van der Waals surface area contributed by atoms with E-state index in [4.69, 9.17) is 0 Å². The number of hydrogen-bond acceptors (Lipinski definition) is 1. The van der Waals surface area contributed by atoms with E-state index in [0.717, 1.165) is 38.5 Å². The minimum absolute atomic E-state index is 0.483. The average Bonchev–Trinajstić information content (AvgIpc) is 2.29. The summed E-state index contributed by atoms with van der Waals surface area (Å²) in [7, 11) is 0. The van der Waals surface area contributed by atoms with Crippen LogP contribution in [0.3, 0.4) is 0 Å². The molecule has 0 heterocycles. The molecule has 1 fully saturated rings. The highest BCUT2D eigenvalue weighted by Gasteiger charge is 2.41. The van der Waals surface area contributed by atoms with Gasteiger partial charge in [0.15, 0.2) is 0 Å². The number of aliphatic carboxylic acids is 1. The molecule has 0 radical (unpaired) electrons. The quantitative estimate of drug-likeness (QED) is 0.740. The van der Waals surface area contributed by atoms with Crippen molar-refractivity contribution in [2.75, 3.05) is 0 Å². The highest BCUT2D eigenvalue weighted by Crippen LogP contribution is 2.44. The highest BCUT2D eigenvalue weighted by molar-refractivity contribution is 5.74. The molecule has 0 aromatic rings. The lowest BCUT2D eigenvalue weighted by atomic mass is 9.66. The fraction of sp³-hybridized carbons (Fsp3) is 0.786. The third-order valence-electron chi connectivity index (χ3n) is 3.88. The summed E-state index contributed by atoms with van der Waals surface area (Å²) >= 11 is 0. The van der Waals surface area contributed by atoms with Gasteiger partial charge in [0.2, 0.25) is 0 Å². The Hall–Kier alpha value is -0.970. The van der Waals surface area contributed by atoms with Crippen LogP contribution in [0.2, 0.25) is 0 Å². The summed E-state index contributed by atoms with van der Waals surface area (Å²) in [5, 5.41) is 9.45. The molecule has 0 amide bonds. The van der Waals surface area contributed by atoms with E-state index in [1.807, 2.05) is 6.92 Å². The van der Waals surface area contributed by atoms with Crippen LogP contribution in [-0.2, 0) is 4.79 Å². The Balaban J connectivity index is 2.69. The maximum Gasteiger partial charge on any atom is 0.309 e. The third-order valence-corrected chi connectivity index (χ3v) is 3.88. The topological polar surface area (TPSA) is 37.3 Å². The van der Waals surface area contributed by atoms with Crippen LogP contribution in [0.4, 0.5) is 0 Å². The molecule has 2 atom stereocenters. The molecule has 1 aliphatic rings. The lowest BCUT2D eigenvalue weighted by molar-refractivity contribution is -0.152. The predicted molar refractivity (Wildman–Crippen MR) is 65.0 cm³/mol. The second-order valence-corrected chi connectivity index (χ2v) is 4.88. The average molecular weight is 222 g/mol. The minimum Gasteiger partial charge on any atom is -0.481 e. The molecule has 2 nitrogen and oxygen atoms in total. The van der Waals surface area contributed by atoms with E-state index in [0.29, 0.717) is 5.92 Å². The van der Waals surface area contributed by atoms with Gasteiger partial charge in [0.05, 0.1) is 5.41 Å². The summed E-state index contributed by atoms with van der Waals surface area (Å²) in [4.78, 5) is 11.5. The van der Waals surface area contributed by atoms with Gasteiger partial charge < -0.3 is 5.11 Å². The van der Waals surface area contributed by atoms with Gasteiger partial charge in [0.25, 0.3) is 0 Å². The molecular formula is C14H22O2. The van der Waals surface area contributed by atoms with Crippen molar-refractivity contribution in [1.29, 1.82) is 0 Å². The Labute approximate surface area is 98.4 Å². The van der Waals surface area contributed by atoms with Crippen LogP contribution in [-0.4, -0.2) is 11.1 Å². The fourth-order valence-electron chi connectivity index (χ4n) is 2.79. The van der Waals surface area contributed by atoms with E-state index in [2.05, 4.69) is 18.8 Å². The lowest BCUT2D eigenvalue weighted by Crippen LogP contribution is -2.36. The lowest BCUT2D eigenvalue weighted by Gasteiger charge is -2.37. The summed E-state index contributed by atoms with van der Waals surface area (Å²) in [6.45, 7) is 3.97. The van der Waals surface area contributed by atoms with Gasteiger partial charge in [-0.05, 0) is 32.1 Å². The SMILES string of the molecule is CC#CCCC1(C(=O)O)CCCC(CC)C1. The van der Waals surface area contributed by atoms with Crippen molar-refractivity contribution in [3.63, 3.8) is 0 Å². The first-order valence-corrected chi connectivity index (χ1v) is 6.27. The van der Waals surface area contributed by atoms with Crippen LogP contribution in [0, 0.1) is 23.2 Å². The van der Waals surface area contributed by atoms with Crippen molar-refractivity contribution in [2.45, 2.75) is 58.8 Å². The Bertz CT molecular complexity index is 298. The molecule has 90 valence electrons. The van der Waals surface area contributed by atoms with Crippen LogP contribution in [0.1, 0.15) is 58.8 Å². The number of carboxylic acid groups (broad SMARTS) is 1. The second kappa shape index (κ2) is 5.94. The molecule has 2 heteroatoms. The summed E-state index contributed by atoms with van der Waals surface area (Å²) in [6.07, 6.45) is 6.50. The Kier molecular flexibility index (Phi) is 4.86. The molecule has 0 aromatic heterocycles. The van der Waals surface area contributed by atoms with E-state index in [1.54, 1.807) is 0 Å². The van der Waals surface area contributed by atoms with Crippen LogP contribution >= 0.6 is 0 Å². The molecule has 2 unspecified atom stereocenters. The predicted octanol–water partition coefficient (Wildman–Crippen LogP) is 3.46. The van der Waals surface area contributed by atoms with E-state index in [1.165, 1.54) is 6.42 Å². The van der Waals surface area contributed by atoms with Crippen LogP contribution < -0.4 is 0 Å². The first kappa shape index (κ1) is 13.1. The molecule has 0 aromatic carbocycles. The smallest absolute Gasteiger partial charge is 0.309 e. The number of carbonyl (C=O) groups is 1. The number of carboxylic acids is 1. The van der Waals surface area contributed by atoms with E-state index >= 15 is 0 Å². The zero-order chi connectivity index (χ0) is 12.0. The van der Waals surface area contributed by atoms with Gasteiger partial charge in [-0.25, -0.2) is 0 Å². The van der Waals surface area contributed by atoms with Crippen molar-refractivity contribution in [1.82, 2.24) is 0 Å². The van der Waals surface area contributed by atoms with Crippen molar-refractivity contribution < 1.29 is 9.90 Å². The van der Waals surface area contributed by atoms with Gasteiger partial charge in [-0.15, -0.1) is 11.8 Å². The van der Waals surface area contributed by atoms with Gasteiger partial charge in [-0.2, -0.15) is 0 Å². The Morgan fingerprint density at radius 3 is 2.88 bits per heavy atom. The van der Waals surface area contributed by atoms with Crippen LogP contribution in [0.15, 0.2) is 0 Å². The normalized spacial score (nSPS) is 29.2. The summed E-state index contributed by atoms with van der Waals surface area (Å²) in [5.74, 6) is 5.83. The minimum atomic E-state index is -0.608. The first-order chi connectivity index (χ1) is 7.64. The molecule has 0 saturated heterocycles. The van der Waals surface area contributed by atoms with Gasteiger partial charge in [-0.3, -0.25) is 4.79 Å². The van der Waals surface area contributed by atoms with Crippen molar-refractivity contribution in [2.24, 2.45) is 11.3 Å². The van der Waals surface area contributed by atoms with E-state index in [-0.39, 0.29) is 0 Å². The molecule has 1 saturated carbocycles. The van der Waals surface area contributed by atoms with Crippen molar-refractivity contribution in [3.8, 4) is 11.8 Å². The molecule has 1 rings (SSSR count). The number of rotatable bonds is 4. The molecule has 1 N–H and O–H groups in total. The van der Waals surface area contributed by atoms with Gasteiger partial charge >= 0.3 is 5.97 Å². The monoisotopic (exact) mass is 222 g/mol.